The highest BCUT2D eigenvalue weighted by Gasteiger charge is 2.11. The minimum absolute atomic E-state index is 0.518. The number of benzene rings is 2. The zero-order valence-electron chi connectivity index (χ0n) is 22.4. The highest BCUT2D eigenvalue weighted by molar-refractivity contribution is 5.48. The SMILES string of the molecule is CCC(C)CC(CC)Nc1ccc(OCCOc2ccc(NC(CC)CC(C)CC)cc2)cc1. The van der Waals surface area contributed by atoms with Crippen LogP contribution in [0.15, 0.2) is 48.5 Å². The van der Waals surface area contributed by atoms with E-state index in [-0.39, 0.29) is 0 Å². The molecule has 0 saturated carbocycles. The predicted octanol–water partition coefficient (Wildman–Crippen LogP) is 8.40. The lowest BCUT2D eigenvalue weighted by molar-refractivity contribution is 0.217. The second-order valence-electron chi connectivity index (χ2n) is 9.74. The molecular formula is C30H48N2O2. The van der Waals surface area contributed by atoms with Crippen molar-refractivity contribution in [1.82, 2.24) is 0 Å². The van der Waals surface area contributed by atoms with Crippen LogP contribution in [-0.4, -0.2) is 25.3 Å². The maximum absolute atomic E-state index is 5.87. The van der Waals surface area contributed by atoms with Crippen LogP contribution in [0.5, 0.6) is 11.5 Å². The van der Waals surface area contributed by atoms with Gasteiger partial charge in [-0.3, -0.25) is 0 Å². The number of nitrogens with one attached hydrogen (secondary N) is 2. The highest BCUT2D eigenvalue weighted by atomic mass is 16.5. The summed E-state index contributed by atoms with van der Waals surface area (Å²) in [6, 6.07) is 17.6. The van der Waals surface area contributed by atoms with Crippen LogP contribution in [0.2, 0.25) is 0 Å². The van der Waals surface area contributed by atoms with Crippen molar-refractivity contribution in [3.63, 3.8) is 0 Å². The highest BCUT2D eigenvalue weighted by Crippen LogP contribution is 2.22. The lowest BCUT2D eigenvalue weighted by atomic mass is 9.97. The fraction of sp³-hybridized carbons (Fsp3) is 0.600. The van der Waals surface area contributed by atoms with Gasteiger partial charge >= 0.3 is 0 Å². The first-order valence-corrected chi connectivity index (χ1v) is 13.5. The second-order valence-corrected chi connectivity index (χ2v) is 9.74. The summed E-state index contributed by atoms with van der Waals surface area (Å²) in [7, 11) is 0. The summed E-state index contributed by atoms with van der Waals surface area (Å²) >= 11 is 0. The molecule has 2 aromatic carbocycles. The van der Waals surface area contributed by atoms with Crippen molar-refractivity contribution in [2.45, 2.75) is 92.2 Å². The van der Waals surface area contributed by atoms with Crippen LogP contribution in [0.4, 0.5) is 11.4 Å². The molecule has 34 heavy (non-hydrogen) atoms. The van der Waals surface area contributed by atoms with Crippen molar-refractivity contribution in [1.29, 1.82) is 0 Å². The minimum Gasteiger partial charge on any atom is -0.490 e. The van der Waals surface area contributed by atoms with Crippen molar-refractivity contribution in [3.05, 3.63) is 48.5 Å². The van der Waals surface area contributed by atoms with E-state index in [4.69, 9.17) is 9.47 Å². The summed E-state index contributed by atoms with van der Waals surface area (Å²) in [5.41, 5.74) is 2.31. The Morgan fingerprint density at radius 1 is 0.559 bits per heavy atom. The number of hydrogen-bond donors (Lipinski definition) is 2. The topological polar surface area (TPSA) is 42.5 Å². The molecule has 0 fully saturated rings. The van der Waals surface area contributed by atoms with Crippen LogP contribution in [0, 0.1) is 11.8 Å². The van der Waals surface area contributed by atoms with E-state index >= 15 is 0 Å². The quantitative estimate of drug-likeness (QED) is 0.229. The van der Waals surface area contributed by atoms with Gasteiger partial charge in [-0.05, 0) is 86.1 Å². The average Bonchev–Trinajstić information content (AvgIpc) is 2.87. The molecule has 2 N–H and O–H groups in total. The number of hydrogen-bond acceptors (Lipinski definition) is 4. The normalized spacial score (nSPS) is 14.6. The van der Waals surface area contributed by atoms with Gasteiger partial charge in [0.05, 0.1) is 0 Å². The Balaban J connectivity index is 1.72. The lowest BCUT2D eigenvalue weighted by Gasteiger charge is -2.21. The van der Waals surface area contributed by atoms with E-state index in [1.54, 1.807) is 0 Å². The standard InChI is InChI=1S/C30H48N2O2/c1-7-23(5)21-25(9-3)31-27-11-15-29(16-12-27)33-19-20-34-30-17-13-28(14-18-30)32-26(10-4)22-24(6)8-2/h11-18,23-26,31-32H,7-10,19-22H2,1-6H3. The molecule has 0 radical (unpaired) electrons. The molecule has 0 heterocycles. The van der Waals surface area contributed by atoms with Crippen LogP contribution in [-0.2, 0) is 0 Å². The first-order chi connectivity index (χ1) is 16.5. The fourth-order valence-corrected chi connectivity index (χ4v) is 4.05. The maximum Gasteiger partial charge on any atom is 0.122 e. The molecule has 4 heteroatoms. The largest absolute Gasteiger partial charge is 0.490 e. The van der Waals surface area contributed by atoms with Crippen LogP contribution in [0.1, 0.15) is 80.1 Å². The third kappa shape index (κ3) is 10.3. The van der Waals surface area contributed by atoms with E-state index < -0.39 is 0 Å². The third-order valence-corrected chi connectivity index (χ3v) is 6.82. The zero-order valence-corrected chi connectivity index (χ0v) is 22.4. The molecule has 2 aromatic rings. The van der Waals surface area contributed by atoms with Gasteiger partial charge in [-0.15, -0.1) is 0 Å². The molecule has 0 saturated heterocycles. The minimum atomic E-state index is 0.518. The summed E-state index contributed by atoms with van der Waals surface area (Å²) < 4.78 is 11.7. The van der Waals surface area contributed by atoms with Crippen LogP contribution in [0.25, 0.3) is 0 Å². The zero-order chi connectivity index (χ0) is 24.8. The number of rotatable bonds is 17. The molecule has 4 nitrogen and oxygen atoms in total. The molecule has 0 aliphatic rings. The van der Waals surface area contributed by atoms with Crippen molar-refractivity contribution < 1.29 is 9.47 Å². The van der Waals surface area contributed by atoms with Gasteiger partial charge in [0.2, 0.25) is 0 Å². The lowest BCUT2D eigenvalue weighted by Crippen LogP contribution is -2.21. The van der Waals surface area contributed by atoms with E-state index in [1.165, 1.54) is 25.7 Å². The van der Waals surface area contributed by atoms with E-state index in [0.717, 1.165) is 47.6 Å². The monoisotopic (exact) mass is 468 g/mol. The third-order valence-electron chi connectivity index (χ3n) is 6.82. The molecule has 4 unspecified atom stereocenters. The number of ether oxygens (including phenoxy) is 2. The van der Waals surface area contributed by atoms with Gasteiger partial charge in [0.15, 0.2) is 0 Å². The van der Waals surface area contributed by atoms with Crippen LogP contribution in [0.3, 0.4) is 0 Å². The van der Waals surface area contributed by atoms with Crippen LogP contribution >= 0.6 is 0 Å². The summed E-state index contributed by atoms with van der Waals surface area (Å²) in [5, 5.41) is 7.31. The van der Waals surface area contributed by atoms with Gasteiger partial charge in [-0.25, -0.2) is 0 Å². The van der Waals surface area contributed by atoms with E-state index in [9.17, 15) is 0 Å². The Kier molecular flexibility index (Phi) is 12.7. The van der Waals surface area contributed by atoms with Crippen molar-refractivity contribution in [2.24, 2.45) is 11.8 Å². The van der Waals surface area contributed by atoms with Gasteiger partial charge in [0.1, 0.15) is 24.7 Å². The van der Waals surface area contributed by atoms with Gasteiger partial charge < -0.3 is 20.1 Å². The van der Waals surface area contributed by atoms with Crippen molar-refractivity contribution in [2.75, 3.05) is 23.8 Å². The molecule has 0 aliphatic carbocycles. The van der Waals surface area contributed by atoms with Gasteiger partial charge in [0.25, 0.3) is 0 Å². The first kappa shape index (κ1) is 27.9. The summed E-state index contributed by atoms with van der Waals surface area (Å²) in [5.74, 6) is 3.23. The first-order valence-electron chi connectivity index (χ1n) is 13.5. The smallest absolute Gasteiger partial charge is 0.122 e. The summed E-state index contributed by atoms with van der Waals surface area (Å²) in [6.07, 6.45) is 7.13. The van der Waals surface area contributed by atoms with Gasteiger partial charge in [-0.2, -0.15) is 0 Å². The van der Waals surface area contributed by atoms with E-state index in [2.05, 4.69) is 76.4 Å². The molecule has 0 aromatic heterocycles. The summed E-state index contributed by atoms with van der Waals surface area (Å²) in [4.78, 5) is 0. The molecule has 0 amide bonds. The molecule has 190 valence electrons. The second kappa shape index (κ2) is 15.5. The maximum atomic E-state index is 5.87. The predicted molar refractivity (Wildman–Crippen MR) is 147 cm³/mol. The number of anilines is 2. The van der Waals surface area contributed by atoms with Gasteiger partial charge in [-0.1, -0.05) is 54.4 Å². The fourth-order valence-electron chi connectivity index (χ4n) is 4.05. The Bertz CT molecular complexity index is 708. The van der Waals surface area contributed by atoms with Crippen molar-refractivity contribution >= 4 is 11.4 Å². The molecular weight excluding hydrogens is 420 g/mol. The van der Waals surface area contributed by atoms with E-state index in [0.29, 0.717) is 25.3 Å². The Morgan fingerprint density at radius 2 is 0.912 bits per heavy atom. The molecule has 2 rings (SSSR count). The van der Waals surface area contributed by atoms with Crippen LogP contribution < -0.4 is 20.1 Å². The molecule has 0 aliphatic heterocycles. The Morgan fingerprint density at radius 3 is 1.21 bits per heavy atom. The molecule has 4 atom stereocenters. The van der Waals surface area contributed by atoms with Gasteiger partial charge in [0, 0.05) is 23.5 Å². The summed E-state index contributed by atoms with van der Waals surface area (Å²) in [6.45, 7) is 14.7. The molecule has 0 bridgehead atoms. The molecule has 0 spiro atoms. The Labute approximate surface area is 208 Å². The Hall–Kier alpha value is -2.36. The van der Waals surface area contributed by atoms with E-state index in [1.807, 2.05) is 24.3 Å². The van der Waals surface area contributed by atoms with Crippen molar-refractivity contribution in [3.8, 4) is 11.5 Å². The average molecular weight is 469 g/mol.